The first-order chi connectivity index (χ1) is 10.7. The number of hydrogen-bond acceptors (Lipinski definition) is 4. The van der Waals surface area contributed by atoms with Gasteiger partial charge in [0.25, 0.3) is 0 Å². The molecule has 0 radical (unpaired) electrons. The van der Waals surface area contributed by atoms with Gasteiger partial charge in [-0.25, -0.2) is 9.97 Å². The third-order valence-corrected chi connectivity index (χ3v) is 4.20. The van der Waals surface area contributed by atoms with Gasteiger partial charge in [-0.15, -0.1) is 0 Å². The molecule has 0 bridgehead atoms. The van der Waals surface area contributed by atoms with Gasteiger partial charge in [0.15, 0.2) is 0 Å². The number of aromatic nitrogens is 2. The predicted octanol–water partition coefficient (Wildman–Crippen LogP) is 2.77. The highest BCUT2D eigenvalue weighted by Crippen LogP contribution is 2.18. The fourth-order valence-corrected chi connectivity index (χ4v) is 3.00. The number of nitrogens with two attached hydrogens (primary N) is 1. The molecule has 2 aromatic rings. The second kappa shape index (κ2) is 6.99. The fourth-order valence-electron chi connectivity index (χ4n) is 3.00. The first-order valence-corrected chi connectivity index (χ1v) is 8.08. The molecule has 0 aliphatic carbocycles. The maximum atomic E-state index is 6.06. The summed E-state index contributed by atoms with van der Waals surface area (Å²) < 4.78 is 0. The smallest absolute Gasteiger partial charge is 0.143 e. The van der Waals surface area contributed by atoms with Crippen LogP contribution in [0.1, 0.15) is 30.8 Å². The average Bonchev–Trinajstić information content (AvgIpc) is 2.72. The summed E-state index contributed by atoms with van der Waals surface area (Å²) in [5.41, 5.74) is 9.23. The molecule has 116 valence electrons. The Kier molecular flexibility index (Phi) is 4.80. The molecule has 4 nitrogen and oxygen atoms in total. The summed E-state index contributed by atoms with van der Waals surface area (Å²) in [6, 6.07) is 12.7. The van der Waals surface area contributed by atoms with Gasteiger partial charge in [0.05, 0.1) is 12.2 Å². The first kappa shape index (κ1) is 15.1. The van der Waals surface area contributed by atoms with Gasteiger partial charge < -0.3 is 5.73 Å². The average molecular weight is 296 g/mol. The van der Waals surface area contributed by atoms with Crippen LogP contribution in [0.25, 0.3) is 11.3 Å². The molecule has 1 aromatic carbocycles. The van der Waals surface area contributed by atoms with Crippen molar-refractivity contribution in [3.05, 3.63) is 47.9 Å². The second-order valence-electron chi connectivity index (χ2n) is 6.14. The van der Waals surface area contributed by atoms with E-state index in [1.54, 1.807) is 0 Å². The van der Waals surface area contributed by atoms with Gasteiger partial charge in [-0.05, 0) is 38.8 Å². The lowest BCUT2D eigenvalue weighted by Crippen LogP contribution is -2.27. The molecule has 0 unspecified atom stereocenters. The Hall–Kier alpha value is -1.78. The Morgan fingerprint density at radius 2 is 1.95 bits per heavy atom. The van der Waals surface area contributed by atoms with Gasteiger partial charge in [0.2, 0.25) is 0 Å². The number of aryl methyl sites for hydroxylation is 1. The van der Waals surface area contributed by atoms with E-state index in [-0.39, 0.29) is 0 Å². The van der Waals surface area contributed by atoms with Crippen LogP contribution in [0.3, 0.4) is 0 Å². The molecule has 0 amide bonds. The van der Waals surface area contributed by atoms with Crippen LogP contribution in [0, 0.1) is 6.92 Å². The highest BCUT2D eigenvalue weighted by Gasteiger charge is 2.15. The lowest BCUT2D eigenvalue weighted by molar-refractivity contribution is 0.269. The Morgan fingerprint density at radius 3 is 2.77 bits per heavy atom. The van der Waals surface area contributed by atoms with Gasteiger partial charge >= 0.3 is 0 Å². The van der Waals surface area contributed by atoms with E-state index in [1.807, 2.05) is 25.1 Å². The van der Waals surface area contributed by atoms with Crippen molar-refractivity contribution in [2.45, 2.75) is 38.8 Å². The molecule has 1 aliphatic rings. The van der Waals surface area contributed by atoms with Crippen molar-refractivity contribution in [2.75, 3.05) is 13.1 Å². The van der Waals surface area contributed by atoms with Crippen LogP contribution in [0.15, 0.2) is 36.4 Å². The molecule has 22 heavy (non-hydrogen) atoms. The van der Waals surface area contributed by atoms with Crippen molar-refractivity contribution in [1.82, 2.24) is 14.9 Å². The van der Waals surface area contributed by atoms with E-state index in [0.29, 0.717) is 6.04 Å². The number of likely N-dealkylation sites (tertiary alicyclic amines) is 1. The number of nitrogens with zero attached hydrogens (tertiary/aromatic N) is 3. The van der Waals surface area contributed by atoms with Gasteiger partial charge in [0.1, 0.15) is 5.82 Å². The fraction of sp³-hybridized carbons (Fsp3) is 0.444. The van der Waals surface area contributed by atoms with E-state index in [2.05, 4.69) is 28.1 Å². The van der Waals surface area contributed by atoms with Crippen LogP contribution >= 0.6 is 0 Å². The Morgan fingerprint density at radius 1 is 1.14 bits per heavy atom. The summed E-state index contributed by atoms with van der Waals surface area (Å²) in [6.45, 7) is 4.98. The predicted molar refractivity (Wildman–Crippen MR) is 89.3 cm³/mol. The van der Waals surface area contributed by atoms with E-state index in [9.17, 15) is 0 Å². The molecule has 1 fully saturated rings. The zero-order valence-corrected chi connectivity index (χ0v) is 13.2. The van der Waals surface area contributed by atoms with Crippen molar-refractivity contribution in [3.63, 3.8) is 0 Å². The van der Waals surface area contributed by atoms with Gasteiger partial charge in [0, 0.05) is 23.8 Å². The second-order valence-corrected chi connectivity index (χ2v) is 6.14. The van der Waals surface area contributed by atoms with Gasteiger partial charge in [-0.3, -0.25) is 4.90 Å². The minimum absolute atomic E-state index is 0.350. The topological polar surface area (TPSA) is 55.0 Å². The first-order valence-electron chi connectivity index (χ1n) is 8.08. The van der Waals surface area contributed by atoms with Crippen molar-refractivity contribution < 1.29 is 0 Å². The molecule has 2 N–H and O–H groups in total. The Bertz CT molecular complexity index is 612. The maximum Gasteiger partial charge on any atom is 0.143 e. The van der Waals surface area contributed by atoms with Gasteiger partial charge in [-0.2, -0.15) is 0 Å². The monoisotopic (exact) mass is 296 g/mol. The minimum Gasteiger partial charge on any atom is -0.328 e. The van der Waals surface area contributed by atoms with Crippen LogP contribution in [-0.2, 0) is 6.54 Å². The number of rotatable bonds is 3. The van der Waals surface area contributed by atoms with Crippen molar-refractivity contribution in [2.24, 2.45) is 5.73 Å². The molecular formula is C18H24N4. The third kappa shape index (κ3) is 3.90. The summed E-state index contributed by atoms with van der Waals surface area (Å²) in [4.78, 5) is 11.8. The molecule has 0 saturated carbocycles. The Labute approximate surface area is 132 Å². The summed E-state index contributed by atoms with van der Waals surface area (Å²) in [5.74, 6) is 0.911. The van der Waals surface area contributed by atoms with Crippen LogP contribution < -0.4 is 5.73 Å². The molecule has 3 rings (SSSR count). The molecule has 4 heteroatoms. The molecule has 1 atom stereocenters. The normalized spacial score (nSPS) is 19.8. The highest BCUT2D eigenvalue weighted by atomic mass is 15.1. The van der Waals surface area contributed by atoms with Crippen LogP contribution in [0.4, 0.5) is 0 Å². The third-order valence-electron chi connectivity index (χ3n) is 4.20. The molecule has 1 aromatic heterocycles. The van der Waals surface area contributed by atoms with Crippen molar-refractivity contribution in [1.29, 1.82) is 0 Å². The van der Waals surface area contributed by atoms with E-state index < -0.39 is 0 Å². The largest absolute Gasteiger partial charge is 0.328 e. The minimum atomic E-state index is 0.350. The summed E-state index contributed by atoms with van der Waals surface area (Å²) in [7, 11) is 0. The number of hydrogen-bond donors (Lipinski definition) is 1. The summed E-state index contributed by atoms with van der Waals surface area (Å²) in [5, 5.41) is 0. The highest BCUT2D eigenvalue weighted by molar-refractivity contribution is 5.58. The van der Waals surface area contributed by atoms with E-state index in [1.165, 1.54) is 6.42 Å². The quantitative estimate of drug-likeness (QED) is 0.946. The van der Waals surface area contributed by atoms with Crippen molar-refractivity contribution in [3.8, 4) is 11.3 Å². The lowest BCUT2D eigenvalue weighted by atomic mass is 10.1. The van der Waals surface area contributed by atoms with Crippen LogP contribution in [0.2, 0.25) is 0 Å². The standard InChI is InChI=1S/C18H24N4/c1-14-12-17(15-6-3-2-4-7-15)21-18(20-14)13-22-10-5-8-16(19)9-11-22/h2-4,6-7,12,16H,5,8-11,13,19H2,1H3/t16-/m0/s1. The van der Waals surface area contributed by atoms with E-state index in [4.69, 9.17) is 10.7 Å². The van der Waals surface area contributed by atoms with Crippen LogP contribution in [-0.4, -0.2) is 34.0 Å². The molecular weight excluding hydrogens is 272 g/mol. The zero-order valence-electron chi connectivity index (χ0n) is 13.2. The summed E-state index contributed by atoms with van der Waals surface area (Å²) in [6.07, 6.45) is 3.36. The van der Waals surface area contributed by atoms with E-state index >= 15 is 0 Å². The van der Waals surface area contributed by atoms with E-state index in [0.717, 1.165) is 55.3 Å². The zero-order chi connectivity index (χ0) is 15.4. The Balaban J connectivity index is 1.78. The molecule has 1 saturated heterocycles. The SMILES string of the molecule is Cc1cc(-c2ccccc2)nc(CN2CCC[C@H](N)CC2)n1. The molecule has 0 spiro atoms. The van der Waals surface area contributed by atoms with Crippen LogP contribution in [0.5, 0.6) is 0 Å². The molecule has 1 aliphatic heterocycles. The maximum absolute atomic E-state index is 6.06. The molecule has 2 heterocycles. The lowest BCUT2D eigenvalue weighted by Gasteiger charge is -2.19. The van der Waals surface area contributed by atoms with Gasteiger partial charge in [-0.1, -0.05) is 30.3 Å². The number of benzene rings is 1. The summed E-state index contributed by atoms with van der Waals surface area (Å²) >= 11 is 0. The van der Waals surface area contributed by atoms with Crippen molar-refractivity contribution >= 4 is 0 Å².